The third kappa shape index (κ3) is 4.95. The number of anilines is 1. The lowest BCUT2D eigenvalue weighted by molar-refractivity contribution is 0.0604. The summed E-state index contributed by atoms with van der Waals surface area (Å²) < 4.78 is 5.67. The van der Waals surface area contributed by atoms with Crippen molar-refractivity contribution in [2.45, 2.75) is 44.3 Å². The molecular weight excluding hydrogens is 420 g/mol. The summed E-state index contributed by atoms with van der Waals surface area (Å²) in [4.78, 5) is 20.5. The molecule has 3 N–H and O–H groups in total. The van der Waals surface area contributed by atoms with E-state index >= 15 is 0 Å². The van der Waals surface area contributed by atoms with E-state index < -0.39 is 0 Å². The highest BCUT2D eigenvalue weighted by Crippen LogP contribution is 2.32. The molecule has 7 heteroatoms. The van der Waals surface area contributed by atoms with Crippen molar-refractivity contribution in [3.63, 3.8) is 0 Å². The number of benzene rings is 1. The summed E-state index contributed by atoms with van der Waals surface area (Å²) in [7, 11) is 3.69. The van der Waals surface area contributed by atoms with Crippen LogP contribution in [0.5, 0.6) is 5.75 Å². The third-order valence-electron chi connectivity index (χ3n) is 6.28. The molecule has 0 atom stereocenters. The summed E-state index contributed by atoms with van der Waals surface area (Å²) in [6.45, 7) is 0.505. The number of aromatic nitrogens is 1. The maximum atomic E-state index is 13.5. The van der Waals surface area contributed by atoms with Gasteiger partial charge in [-0.2, -0.15) is 0 Å². The first-order chi connectivity index (χ1) is 15.6. The lowest BCUT2D eigenvalue weighted by atomic mass is 9.89. The Morgan fingerprint density at radius 1 is 1.19 bits per heavy atom. The van der Waals surface area contributed by atoms with Crippen molar-refractivity contribution < 1.29 is 9.53 Å². The number of rotatable bonds is 7. The van der Waals surface area contributed by atoms with E-state index in [0.717, 1.165) is 53.0 Å². The Labute approximate surface area is 193 Å². The molecule has 0 unspecified atom stereocenters. The van der Waals surface area contributed by atoms with Gasteiger partial charge in [0.05, 0.1) is 12.0 Å². The fraction of sp³-hybridized carbons (Fsp3) is 0.360. The maximum Gasteiger partial charge on any atom is 0.264 e. The molecule has 0 radical (unpaired) electrons. The van der Waals surface area contributed by atoms with Gasteiger partial charge in [0, 0.05) is 36.0 Å². The average molecular weight is 451 g/mol. The monoisotopic (exact) mass is 450 g/mol. The Balaban J connectivity index is 1.65. The Hall–Kier alpha value is -2.90. The topological polar surface area (TPSA) is 80.5 Å². The highest BCUT2D eigenvalue weighted by molar-refractivity contribution is 7.12. The summed E-state index contributed by atoms with van der Waals surface area (Å²) in [5.41, 5.74) is 8.74. The second-order valence-corrected chi connectivity index (χ2v) is 9.15. The molecule has 1 fully saturated rings. The number of nitrogen functional groups attached to an aromatic ring is 1. The van der Waals surface area contributed by atoms with Crippen LogP contribution in [0.3, 0.4) is 0 Å². The number of carbonyl (C=O) groups is 1. The lowest BCUT2D eigenvalue weighted by Crippen LogP contribution is -2.44. The third-order valence-corrected chi connectivity index (χ3v) is 7.14. The number of nitrogens with one attached hydrogen (secondary N) is 1. The number of ether oxygens (including phenoxy) is 1. The van der Waals surface area contributed by atoms with E-state index in [1.165, 1.54) is 11.3 Å². The first-order valence-electron chi connectivity index (χ1n) is 11.0. The molecule has 0 bridgehead atoms. The average Bonchev–Trinajstić information content (AvgIpc) is 3.38. The maximum absolute atomic E-state index is 13.5. The molecule has 168 valence electrons. The van der Waals surface area contributed by atoms with Crippen molar-refractivity contribution in [1.29, 1.82) is 0 Å². The summed E-state index contributed by atoms with van der Waals surface area (Å²) >= 11 is 1.50. The molecule has 1 saturated carbocycles. The second-order valence-electron chi connectivity index (χ2n) is 8.20. The predicted molar refractivity (Wildman–Crippen MR) is 130 cm³/mol. The van der Waals surface area contributed by atoms with Gasteiger partial charge in [0.2, 0.25) is 0 Å². The first kappa shape index (κ1) is 22.3. The zero-order chi connectivity index (χ0) is 22.5. The fourth-order valence-corrected chi connectivity index (χ4v) is 5.10. The van der Waals surface area contributed by atoms with E-state index in [4.69, 9.17) is 10.5 Å². The van der Waals surface area contributed by atoms with Gasteiger partial charge in [-0.25, -0.2) is 4.98 Å². The van der Waals surface area contributed by atoms with Gasteiger partial charge in [0.15, 0.2) is 0 Å². The second kappa shape index (κ2) is 10.1. The number of hydrogen-bond acceptors (Lipinski definition) is 6. The van der Waals surface area contributed by atoms with Gasteiger partial charge in [-0.05, 0) is 74.0 Å². The molecule has 0 saturated heterocycles. The minimum Gasteiger partial charge on any atom is -0.496 e. The van der Waals surface area contributed by atoms with Gasteiger partial charge in [-0.3, -0.25) is 4.79 Å². The van der Waals surface area contributed by atoms with Gasteiger partial charge in [0.25, 0.3) is 5.91 Å². The molecule has 1 amide bonds. The summed E-state index contributed by atoms with van der Waals surface area (Å²) in [6.07, 6.45) is 5.90. The predicted octanol–water partition coefficient (Wildman–Crippen LogP) is 4.57. The van der Waals surface area contributed by atoms with E-state index in [9.17, 15) is 4.79 Å². The number of nitrogens with zero attached hydrogens (tertiary/aromatic N) is 2. The molecule has 1 aliphatic carbocycles. The summed E-state index contributed by atoms with van der Waals surface area (Å²) in [6, 6.07) is 14.4. The number of thiophene rings is 1. The van der Waals surface area contributed by atoms with Crippen LogP contribution in [0.2, 0.25) is 0 Å². The van der Waals surface area contributed by atoms with E-state index in [2.05, 4.69) is 16.4 Å². The molecule has 4 rings (SSSR count). The largest absolute Gasteiger partial charge is 0.496 e. The van der Waals surface area contributed by atoms with Crippen LogP contribution in [0.25, 0.3) is 11.1 Å². The Morgan fingerprint density at radius 2 is 1.97 bits per heavy atom. The van der Waals surface area contributed by atoms with Crippen molar-refractivity contribution in [2.24, 2.45) is 0 Å². The number of pyridine rings is 1. The van der Waals surface area contributed by atoms with Crippen LogP contribution in [0.1, 0.15) is 40.9 Å². The minimum atomic E-state index is 0.0921. The van der Waals surface area contributed by atoms with Crippen LogP contribution < -0.4 is 15.8 Å². The van der Waals surface area contributed by atoms with E-state index in [1.807, 2.05) is 47.7 Å². The molecule has 1 aromatic carbocycles. The van der Waals surface area contributed by atoms with Crippen molar-refractivity contribution >= 4 is 23.1 Å². The number of carbonyl (C=O) groups excluding carboxylic acids is 1. The van der Waals surface area contributed by atoms with Gasteiger partial charge >= 0.3 is 0 Å². The van der Waals surface area contributed by atoms with Crippen LogP contribution in [0, 0.1) is 0 Å². The normalized spacial score (nSPS) is 18.3. The molecule has 6 nitrogen and oxygen atoms in total. The molecular formula is C25H30N4O2S. The van der Waals surface area contributed by atoms with Crippen molar-refractivity contribution in [2.75, 3.05) is 19.9 Å². The highest BCUT2D eigenvalue weighted by Gasteiger charge is 2.30. The molecule has 0 aliphatic heterocycles. The zero-order valence-corrected chi connectivity index (χ0v) is 19.4. The Kier molecular flexibility index (Phi) is 7.07. The summed E-state index contributed by atoms with van der Waals surface area (Å²) in [5.74, 6) is 1.37. The smallest absolute Gasteiger partial charge is 0.264 e. The quantitative estimate of drug-likeness (QED) is 0.551. The van der Waals surface area contributed by atoms with Crippen LogP contribution in [0.15, 0.2) is 54.0 Å². The standard InChI is InChI=1S/C25H30N4O2S/c1-27-20-7-9-21(10-8-20)29(25(30)23-4-3-13-32-23)16-19-14-17(5-11-22(19)31-2)18-6-12-24(26)28-15-18/h3-6,11-15,20-21,27H,7-10,16H2,1-2H3,(H2,26,28). The van der Waals surface area contributed by atoms with E-state index in [1.54, 1.807) is 19.4 Å². The van der Waals surface area contributed by atoms with E-state index in [-0.39, 0.29) is 11.9 Å². The molecule has 32 heavy (non-hydrogen) atoms. The fourth-order valence-electron chi connectivity index (χ4n) is 4.43. The van der Waals surface area contributed by atoms with Crippen LogP contribution in [-0.4, -0.2) is 42.0 Å². The van der Waals surface area contributed by atoms with Crippen molar-refractivity contribution in [3.8, 4) is 16.9 Å². The van der Waals surface area contributed by atoms with Crippen molar-refractivity contribution in [3.05, 3.63) is 64.5 Å². The lowest BCUT2D eigenvalue weighted by Gasteiger charge is -2.37. The SMILES string of the molecule is CNC1CCC(N(Cc2cc(-c3ccc(N)nc3)ccc2OC)C(=O)c2cccs2)CC1. The highest BCUT2D eigenvalue weighted by atomic mass is 32.1. The van der Waals surface area contributed by atoms with Crippen LogP contribution in [0.4, 0.5) is 5.82 Å². The number of hydrogen-bond donors (Lipinski definition) is 2. The van der Waals surface area contributed by atoms with Crippen LogP contribution in [-0.2, 0) is 6.54 Å². The van der Waals surface area contributed by atoms with Crippen LogP contribution >= 0.6 is 11.3 Å². The molecule has 2 aromatic heterocycles. The number of amides is 1. The number of methoxy groups -OCH3 is 1. The Bertz CT molecular complexity index is 1030. The van der Waals surface area contributed by atoms with E-state index in [0.29, 0.717) is 18.4 Å². The number of nitrogens with two attached hydrogens (primary N) is 1. The molecule has 2 heterocycles. The minimum absolute atomic E-state index is 0.0921. The van der Waals surface area contributed by atoms with Gasteiger partial charge in [0.1, 0.15) is 11.6 Å². The van der Waals surface area contributed by atoms with Crippen molar-refractivity contribution in [1.82, 2.24) is 15.2 Å². The van der Waals surface area contributed by atoms with Gasteiger partial charge < -0.3 is 20.7 Å². The first-order valence-corrected chi connectivity index (χ1v) is 11.9. The van der Waals surface area contributed by atoms with Gasteiger partial charge in [-0.15, -0.1) is 11.3 Å². The Morgan fingerprint density at radius 3 is 2.59 bits per heavy atom. The zero-order valence-electron chi connectivity index (χ0n) is 18.6. The molecule has 3 aromatic rings. The molecule has 0 spiro atoms. The molecule has 1 aliphatic rings. The summed E-state index contributed by atoms with van der Waals surface area (Å²) in [5, 5.41) is 5.34. The van der Waals surface area contributed by atoms with Gasteiger partial charge in [-0.1, -0.05) is 12.1 Å².